The normalized spacial score (nSPS) is 11.3. The first-order valence-electron chi connectivity index (χ1n) is 5.59. The van der Waals surface area contributed by atoms with Gasteiger partial charge in [0.25, 0.3) is 0 Å². The van der Waals surface area contributed by atoms with Crippen molar-refractivity contribution in [2.45, 2.75) is 4.90 Å². The Labute approximate surface area is 127 Å². The van der Waals surface area contributed by atoms with E-state index in [-0.39, 0.29) is 10.6 Å². The smallest absolute Gasteiger partial charge is 0.177 e. The topological polar surface area (TPSA) is 72.2 Å². The fourth-order valence-corrected chi connectivity index (χ4v) is 2.84. The van der Waals surface area contributed by atoms with Crippen molar-refractivity contribution in [1.29, 1.82) is 0 Å². The Morgan fingerprint density at radius 3 is 2.40 bits per heavy atom. The second kappa shape index (κ2) is 5.52. The summed E-state index contributed by atoms with van der Waals surface area (Å²) >= 11 is 11.8. The maximum Gasteiger partial charge on any atom is 0.177 e. The average molecular weight is 331 g/mol. The lowest BCUT2D eigenvalue weighted by molar-refractivity contribution is 0.602. The van der Waals surface area contributed by atoms with Gasteiger partial charge in [-0.2, -0.15) is 0 Å². The van der Waals surface area contributed by atoms with Gasteiger partial charge < -0.3 is 11.1 Å². The molecule has 20 heavy (non-hydrogen) atoms. The molecular formula is C13H12Cl2N2O2S. The van der Waals surface area contributed by atoms with Crippen molar-refractivity contribution in [3.63, 3.8) is 0 Å². The van der Waals surface area contributed by atoms with Gasteiger partial charge in [0.15, 0.2) is 9.84 Å². The molecule has 0 aromatic heterocycles. The molecule has 4 nitrogen and oxygen atoms in total. The summed E-state index contributed by atoms with van der Waals surface area (Å²) in [4.78, 5) is 0.0857. The number of nitrogen functional groups attached to an aromatic ring is 1. The number of nitrogens with two attached hydrogens (primary N) is 1. The minimum Gasteiger partial charge on any atom is -0.396 e. The zero-order valence-corrected chi connectivity index (χ0v) is 12.9. The number of rotatable bonds is 3. The predicted molar refractivity (Wildman–Crippen MR) is 83.7 cm³/mol. The van der Waals surface area contributed by atoms with E-state index in [0.717, 1.165) is 6.26 Å². The van der Waals surface area contributed by atoms with Gasteiger partial charge in [-0.15, -0.1) is 0 Å². The van der Waals surface area contributed by atoms with E-state index >= 15 is 0 Å². The number of sulfone groups is 1. The summed E-state index contributed by atoms with van der Waals surface area (Å²) in [6.07, 6.45) is 1.11. The highest BCUT2D eigenvalue weighted by Gasteiger charge is 2.14. The molecule has 0 radical (unpaired) electrons. The highest BCUT2D eigenvalue weighted by atomic mass is 35.5. The zero-order chi connectivity index (χ0) is 14.9. The van der Waals surface area contributed by atoms with E-state index in [1.807, 2.05) is 0 Å². The average Bonchev–Trinajstić information content (AvgIpc) is 2.35. The van der Waals surface area contributed by atoms with Gasteiger partial charge >= 0.3 is 0 Å². The molecule has 0 aliphatic carbocycles. The SMILES string of the molecule is CS(=O)(=O)c1cccc(Nc2ccc(Cl)c(Cl)c2)c1N. The van der Waals surface area contributed by atoms with E-state index in [4.69, 9.17) is 28.9 Å². The molecule has 0 fully saturated rings. The maximum absolute atomic E-state index is 11.6. The van der Waals surface area contributed by atoms with Crippen LogP contribution in [0, 0.1) is 0 Å². The molecule has 0 amide bonds. The first kappa shape index (κ1) is 15.0. The summed E-state index contributed by atoms with van der Waals surface area (Å²) < 4.78 is 23.2. The Morgan fingerprint density at radius 2 is 1.80 bits per heavy atom. The second-order valence-corrected chi connectivity index (χ2v) is 7.04. The van der Waals surface area contributed by atoms with Crippen LogP contribution < -0.4 is 11.1 Å². The fourth-order valence-electron chi connectivity index (χ4n) is 1.71. The Hall–Kier alpha value is -1.43. The van der Waals surface area contributed by atoms with Crippen LogP contribution in [0.15, 0.2) is 41.3 Å². The predicted octanol–water partition coefficient (Wildman–Crippen LogP) is 3.72. The van der Waals surface area contributed by atoms with Crippen LogP contribution in [0.5, 0.6) is 0 Å². The van der Waals surface area contributed by atoms with Crippen molar-refractivity contribution >= 4 is 50.1 Å². The van der Waals surface area contributed by atoms with E-state index < -0.39 is 9.84 Å². The molecule has 2 rings (SSSR count). The molecule has 7 heteroatoms. The lowest BCUT2D eigenvalue weighted by Crippen LogP contribution is -2.05. The van der Waals surface area contributed by atoms with Crippen molar-refractivity contribution in [2.75, 3.05) is 17.3 Å². The molecule has 0 atom stereocenters. The van der Waals surface area contributed by atoms with Crippen LogP contribution in [0.1, 0.15) is 0 Å². The number of para-hydroxylation sites is 1. The molecule has 0 spiro atoms. The molecule has 0 bridgehead atoms. The van der Waals surface area contributed by atoms with E-state index in [1.165, 1.54) is 6.07 Å². The lowest BCUT2D eigenvalue weighted by Gasteiger charge is -2.12. The molecule has 2 aromatic rings. The minimum absolute atomic E-state index is 0.0857. The standard InChI is InChI=1S/C13H12Cl2N2O2S/c1-20(18,19)12-4-2-3-11(13(12)16)17-8-5-6-9(14)10(15)7-8/h2-7,17H,16H2,1H3. The van der Waals surface area contributed by atoms with Crippen LogP contribution in [-0.4, -0.2) is 14.7 Å². The van der Waals surface area contributed by atoms with Crippen LogP contribution in [0.4, 0.5) is 17.1 Å². The molecular weight excluding hydrogens is 319 g/mol. The Balaban J connectivity index is 2.42. The third-order valence-corrected chi connectivity index (χ3v) is 4.56. The summed E-state index contributed by atoms with van der Waals surface area (Å²) in [7, 11) is -3.38. The number of anilines is 3. The summed E-state index contributed by atoms with van der Waals surface area (Å²) in [6.45, 7) is 0. The van der Waals surface area contributed by atoms with Gasteiger partial charge in [-0.25, -0.2) is 8.42 Å². The molecule has 3 N–H and O–H groups in total. The molecule has 0 aliphatic heterocycles. The van der Waals surface area contributed by atoms with Crippen molar-refractivity contribution in [3.8, 4) is 0 Å². The van der Waals surface area contributed by atoms with Crippen LogP contribution in [0.25, 0.3) is 0 Å². The molecule has 0 saturated heterocycles. The monoisotopic (exact) mass is 330 g/mol. The molecule has 106 valence electrons. The number of hydrogen-bond acceptors (Lipinski definition) is 4. The Kier molecular flexibility index (Phi) is 4.13. The number of benzene rings is 2. The minimum atomic E-state index is -3.38. The van der Waals surface area contributed by atoms with E-state index in [0.29, 0.717) is 21.4 Å². The third-order valence-electron chi connectivity index (χ3n) is 2.66. The first-order chi connectivity index (χ1) is 9.29. The van der Waals surface area contributed by atoms with E-state index in [2.05, 4.69) is 5.32 Å². The van der Waals surface area contributed by atoms with Gasteiger partial charge in [-0.1, -0.05) is 29.3 Å². The first-order valence-corrected chi connectivity index (χ1v) is 8.24. The molecule has 2 aromatic carbocycles. The summed E-state index contributed by atoms with van der Waals surface area (Å²) in [5, 5.41) is 3.86. The van der Waals surface area contributed by atoms with Gasteiger partial charge in [-0.05, 0) is 30.3 Å². The van der Waals surface area contributed by atoms with Crippen molar-refractivity contribution in [1.82, 2.24) is 0 Å². The number of halogens is 2. The molecule has 0 heterocycles. The van der Waals surface area contributed by atoms with Crippen LogP contribution in [0.2, 0.25) is 10.0 Å². The highest BCUT2D eigenvalue weighted by Crippen LogP contribution is 2.31. The maximum atomic E-state index is 11.6. The Bertz CT molecular complexity index is 761. The number of hydrogen-bond donors (Lipinski definition) is 2. The third kappa shape index (κ3) is 3.17. The van der Waals surface area contributed by atoms with Gasteiger partial charge in [0.1, 0.15) is 0 Å². The van der Waals surface area contributed by atoms with Crippen molar-refractivity contribution in [2.24, 2.45) is 0 Å². The van der Waals surface area contributed by atoms with Crippen molar-refractivity contribution in [3.05, 3.63) is 46.4 Å². The zero-order valence-electron chi connectivity index (χ0n) is 10.5. The summed E-state index contributed by atoms with van der Waals surface area (Å²) in [5.41, 5.74) is 7.21. The fraction of sp³-hybridized carbons (Fsp3) is 0.0769. The second-order valence-electron chi connectivity index (χ2n) is 4.24. The van der Waals surface area contributed by atoms with Gasteiger partial charge in [0, 0.05) is 11.9 Å². The quantitative estimate of drug-likeness (QED) is 0.841. The van der Waals surface area contributed by atoms with Crippen LogP contribution >= 0.6 is 23.2 Å². The van der Waals surface area contributed by atoms with Crippen LogP contribution in [0.3, 0.4) is 0 Å². The number of nitrogens with one attached hydrogen (secondary N) is 1. The van der Waals surface area contributed by atoms with E-state index in [1.54, 1.807) is 30.3 Å². The molecule has 0 aliphatic rings. The molecule has 0 unspecified atom stereocenters. The Morgan fingerprint density at radius 1 is 1.10 bits per heavy atom. The van der Waals surface area contributed by atoms with Gasteiger partial charge in [0.2, 0.25) is 0 Å². The highest BCUT2D eigenvalue weighted by molar-refractivity contribution is 7.90. The molecule has 0 saturated carbocycles. The van der Waals surface area contributed by atoms with Gasteiger partial charge in [0.05, 0.1) is 26.3 Å². The lowest BCUT2D eigenvalue weighted by atomic mass is 10.2. The largest absolute Gasteiger partial charge is 0.396 e. The van der Waals surface area contributed by atoms with E-state index in [9.17, 15) is 8.42 Å². The van der Waals surface area contributed by atoms with Crippen molar-refractivity contribution < 1.29 is 8.42 Å². The van der Waals surface area contributed by atoms with Crippen LogP contribution in [-0.2, 0) is 9.84 Å². The van der Waals surface area contributed by atoms with Gasteiger partial charge in [-0.3, -0.25) is 0 Å². The summed E-state index contributed by atoms with van der Waals surface area (Å²) in [5.74, 6) is 0. The summed E-state index contributed by atoms with van der Waals surface area (Å²) in [6, 6.07) is 9.77.